The standard InChI is InChI=1S/C27H27N3O5/c1-18-5-6-19(2)30(18)21-8-11-22(12-9-21)34-17-24-13-14-25(35-24)27(31)29-28-16-20-7-10-23(32-3)15-26(20)33-4/h5-16H,17H2,1-4H3,(H,29,31)/b28-16+. The zero-order valence-electron chi connectivity index (χ0n) is 20.1. The summed E-state index contributed by atoms with van der Waals surface area (Å²) in [6.45, 7) is 4.34. The lowest BCUT2D eigenvalue weighted by Gasteiger charge is -2.10. The summed E-state index contributed by atoms with van der Waals surface area (Å²) < 4.78 is 24.1. The first kappa shape index (κ1) is 23.7. The van der Waals surface area contributed by atoms with Crippen LogP contribution >= 0.6 is 0 Å². The van der Waals surface area contributed by atoms with Crippen LogP contribution in [0.2, 0.25) is 0 Å². The first-order valence-corrected chi connectivity index (χ1v) is 11.0. The number of amides is 1. The van der Waals surface area contributed by atoms with Crippen molar-refractivity contribution in [1.82, 2.24) is 9.99 Å². The highest BCUT2D eigenvalue weighted by Crippen LogP contribution is 2.23. The van der Waals surface area contributed by atoms with Gasteiger partial charge in [-0.3, -0.25) is 4.79 Å². The van der Waals surface area contributed by atoms with E-state index in [0.717, 1.165) is 5.69 Å². The Balaban J connectivity index is 1.32. The maximum absolute atomic E-state index is 12.4. The number of aromatic nitrogens is 1. The molecule has 0 fully saturated rings. The summed E-state index contributed by atoms with van der Waals surface area (Å²) in [5, 5.41) is 3.99. The Hall–Kier alpha value is -4.46. The molecule has 4 rings (SSSR count). The Morgan fingerprint density at radius 2 is 1.66 bits per heavy atom. The smallest absolute Gasteiger partial charge is 0.307 e. The minimum absolute atomic E-state index is 0.136. The molecule has 2 aromatic heterocycles. The number of aryl methyl sites for hydroxylation is 2. The van der Waals surface area contributed by atoms with E-state index in [0.29, 0.717) is 28.6 Å². The molecule has 2 aromatic carbocycles. The van der Waals surface area contributed by atoms with Gasteiger partial charge in [0.2, 0.25) is 0 Å². The largest absolute Gasteiger partial charge is 0.497 e. The monoisotopic (exact) mass is 473 g/mol. The minimum atomic E-state index is -0.471. The van der Waals surface area contributed by atoms with E-state index in [1.807, 2.05) is 24.3 Å². The van der Waals surface area contributed by atoms with E-state index in [1.165, 1.54) is 17.6 Å². The number of hydrogen-bond acceptors (Lipinski definition) is 6. The van der Waals surface area contributed by atoms with Crippen molar-refractivity contribution in [3.8, 4) is 22.9 Å². The molecular formula is C27H27N3O5. The van der Waals surface area contributed by atoms with Crippen LogP contribution in [0.4, 0.5) is 0 Å². The molecule has 35 heavy (non-hydrogen) atoms. The fourth-order valence-electron chi connectivity index (χ4n) is 3.64. The second-order valence-corrected chi connectivity index (χ2v) is 7.81. The summed E-state index contributed by atoms with van der Waals surface area (Å²) in [6, 6.07) is 20.6. The Kier molecular flexibility index (Phi) is 7.21. The average molecular weight is 474 g/mol. The van der Waals surface area contributed by atoms with Gasteiger partial charge in [0.1, 0.15) is 29.6 Å². The number of nitrogens with one attached hydrogen (secondary N) is 1. The summed E-state index contributed by atoms with van der Waals surface area (Å²) in [6.07, 6.45) is 1.49. The topological polar surface area (TPSA) is 87.2 Å². The molecule has 0 saturated carbocycles. The lowest BCUT2D eigenvalue weighted by Crippen LogP contribution is -2.16. The van der Waals surface area contributed by atoms with E-state index in [2.05, 4.69) is 41.1 Å². The maximum Gasteiger partial charge on any atom is 0.307 e. The van der Waals surface area contributed by atoms with Crippen LogP contribution in [0.3, 0.4) is 0 Å². The van der Waals surface area contributed by atoms with E-state index in [4.69, 9.17) is 18.6 Å². The molecule has 0 radical (unpaired) electrons. The van der Waals surface area contributed by atoms with E-state index < -0.39 is 5.91 Å². The number of rotatable bonds is 9. The van der Waals surface area contributed by atoms with E-state index in [9.17, 15) is 4.79 Å². The molecule has 0 aliphatic carbocycles. The number of ether oxygens (including phenoxy) is 3. The summed E-state index contributed by atoms with van der Waals surface area (Å²) >= 11 is 0. The first-order valence-electron chi connectivity index (χ1n) is 11.0. The van der Waals surface area contributed by atoms with Crippen LogP contribution in [-0.2, 0) is 6.61 Å². The fraction of sp³-hybridized carbons (Fsp3) is 0.185. The van der Waals surface area contributed by atoms with Gasteiger partial charge in [0.05, 0.1) is 20.4 Å². The van der Waals surface area contributed by atoms with Crippen LogP contribution < -0.4 is 19.6 Å². The Morgan fingerprint density at radius 3 is 2.34 bits per heavy atom. The second kappa shape index (κ2) is 10.6. The lowest BCUT2D eigenvalue weighted by atomic mass is 10.2. The van der Waals surface area contributed by atoms with Gasteiger partial charge in [-0.2, -0.15) is 5.10 Å². The summed E-state index contributed by atoms with van der Waals surface area (Å²) in [5.41, 5.74) is 6.55. The third kappa shape index (κ3) is 5.55. The fourth-order valence-corrected chi connectivity index (χ4v) is 3.64. The number of nitrogens with zero attached hydrogens (tertiary/aromatic N) is 2. The normalized spacial score (nSPS) is 11.0. The van der Waals surface area contributed by atoms with Crippen molar-refractivity contribution < 1.29 is 23.4 Å². The Morgan fingerprint density at radius 1 is 0.943 bits per heavy atom. The Bertz CT molecular complexity index is 1320. The van der Waals surface area contributed by atoms with E-state index >= 15 is 0 Å². The van der Waals surface area contributed by atoms with E-state index in [-0.39, 0.29) is 12.4 Å². The molecule has 2 heterocycles. The molecule has 8 nitrogen and oxygen atoms in total. The molecule has 0 unspecified atom stereocenters. The lowest BCUT2D eigenvalue weighted by molar-refractivity contribution is 0.0923. The summed E-state index contributed by atoms with van der Waals surface area (Å²) in [4.78, 5) is 12.4. The van der Waals surface area contributed by atoms with Crippen LogP contribution in [-0.4, -0.2) is 30.9 Å². The maximum atomic E-state index is 12.4. The van der Waals surface area contributed by atoms with Crippen molar-refractivity contribution in [3.05, 3.63) is 95.2 Å². The van der Waals surface area contributed by atoms with Crippen LogP contribution in [0, 0.1) is 13.8 Å². The zero-order valence-corrected chi connectivity index (χ0v) is 20.1. The number of carbonyl (C=O) groups excluding carboxylic acids is 1. The quantitative estimate of drug-likeness (QED) is 0.272. The van der Waals surface area contributed by atoms with Gasteiger partial charge >= 0.3 is 5.91 Å². The van der Waals surface area contributed by atoms with Gasteiger partial charge in [-0.25, -0.2) is 5.43 Å². The van der Waals surface area contributed by atoms with Gasteiger partial charge in [0, 0.05) is 28.7 Å². The number of furan rings is 1. The summed E-state index contributed by atoms with van der Waals surface area (Å²) in [5.74, 6) is 2.13. The number of benzene rings is 2. The Labute approximate surface area is 203 Å². The minimum Gasteiger partial charge on any atom is -0.497 e. The first-order chi connectivity index (χ1) is 17.0. The van der Waals surface area contributed by atoms with Gasteiger partial charge in [0.25, 0.3) is 0 Å². The zero-order chi connectivity index (χ0) is 24.8. The third-order valence-electron chi connectivity index (χ3n) is 5.44. The molecule has 1 N–H and O–H groups in total. The molecule has 0 spiro atoms. The van der Waals surface area contributed by atoms with Crippen molar-refractivity contribution in [2.75, 3.05) is 14.2 Å². The predicted octanol–water partition coefficient (Wildman–Crippen LogP) is 5.05. The molecule has 4 aromatic rings. The molecule has 0 atom stereocenters. The highest BCUT2D eigenvalue weighted by atomic mass is 16.5. The molecule has 0 bridgehead atoms. The summed E-state index contributed by atoms with van der Waals surface area (Å²) in [7, 11) is 3.13. The van der Waals surface area contributed by atoms with Gasteiger partial charge in [0.15, 0.2) is 5.76 Å². The number of methoxy groups -OCH3 is 2. The highest BCUT2D eigenvalue weighted by Gasteiger charge is 2.11. The van der Waals surface area contributed by atoms with Crippen LogP contribution in [0.1, 0.15) is 33.3 Å². The number of hydrazone groups is 1. The molecule has 0 aliphatic rings. The second-order valence-electron chi connectivity index (χ2n) is 7.81. The third-order valence-corrected chi connectivity index (χ3v) is 5.44. The van der Waals surface area contributed by atoms with Gasteiger partial charge in [-0.1, -0.05) is 0 Å². The molecule has 180 valence electrons. The SMILES string of the molecule is COc1ccc(/C=N/NC(=O)c2ccc(COc3ccc(-n4c(C)ccc4C)cc3)o2)c(OC)c1. The van der Waals surface area contributed by atoms with Crippen molar-refractivity contribution >= 4 is 12.1 Å². The molecule has 0 aliphatic heterocycles. The highest BCUT2D eigenvalue weighted by molar-refractivity contribution is 5.92. The van der Waals surface area contributed by atoms with Crippen molar-refractivity contribution in [3.63, 3.8) is 0 Å². The van der Waals surface area contributed by atoms with Crippen LogP contribution in [0.25, 0.3) is 5.69 Å². The molecule has 8 heteroatoms. The molecular weight excluding hydrogens is 446 g/mol. The van der Waals surface area contributed by atoms with Gasteiger partial charge < -0.3 is 23.2 Å². The van der Waals surface area contributed by atoms with Gasteiger partial charge in [-0.15, -0.1) is 0 Å². The molecule has 1 amide bonds. The predicted molar refractivity (Wildman–Crippen MR) is 133 cm³/mol. The van der Waals surface area contributed by atoms with Crippen LogP contribution in [0.15, 0.2) is 76.2 Å². The average Bonchev–Trinajstić information content (AvgIpc) is 3.49. The number of carbonyl (C=O) groups is 1. The number of hydrogen-bond donors (Lipinski definition) is 1. The molecule has 0 saturated heterocycles. The van der Waals surface area contributed by atoms with Crippen molar-refractivity contribution in [2.24, 2.45) is 5.10 Å². The van der Waals surface area contributed by atoms with Crippen LogP contribution in [0.5, 0.6) is 17.2 Å². The van der Waals surface area contributed by atoms with Crippen molar-refractivity contribution in [2.45, 2.75) is 20.5 Å². The van der Waals surface area contributed by atoms with Crippen molar-refractivity contribution in [1.29, 1.82) is 0 Å². The van der Waals surface area contributed by atoms with E-state index in [1.54, 1.807) is 44.6 Å². The van der Waals surface area contributed by atoms with Gasteiger partial charge in [-0.05, 0) is 74.5 Å².